The van der Waals surface area contributed by atoms with Gasteiger partial charge in [-0.05, 0) is 72.2 Å². The fourth-order valence-electron chi connectivity index (χ4n) is 5.38. The normalized spacial score (nSPS) is 22.2. The Morgan fingerprint density at radius 3 is 2.76 bits per heavy atom. The topological polar surface area (TPSA) is 112 Å². The van der Waals surface area contributed by atoms with Gasteiger partial charge in [0.2, 0.25) is 5.91 Å². The Bertz CT molecular complexity index is 1460. The molecule has 4 aromatic heterocycles. The van der Waals surface area contributed by atoms with Crippen molar-refractivity contribution in [3.8, 4) is 11.3 Å². The smallest absolute Gasteiger partial charge is 0.249 e. The van der Waals surface area contributed by atoms with Gasteiger partial charge in [0.25, 0.3) is 0 Å². The van der Waals surface area contributed by atoms with Crippen LogP contribution in [0.5, 0.6) is 0 Å². The molecule has 1 amide bonds. The average Bonchev–Trinajstić information content (AvgIpc) is 3.10. The summed E-state index contributed by atoms with van der Waals surface area (Å²) in [5, 5.41) is 8.82. The van der Waals surface area contributed by atoms with Gasteiger partial charge in [0.15, 0.2) is 0 Å². The number of carbonyl (C=O) groups excluding carboxylic acids is 1. The zero-order valence-electron chi connectivity index (χ0n) is 19.1. The summed E-state index contributed by atoms with van der Waals surface area (Å²) in [7, 11) is 1.95. The Labute approximate surface area is 196 Å². The van der Waals surface area contributed by atoms with Crippen LogP contribution in [0.25, 0.3) is 22.0 Å². The summed E-state index contributed by atoms with van der Waals surface area (Å²) in [6.07, 6.45) is 12.9. The third kappa shape index (κ3) is 3.61. The first-order valence-corrected chi connectivity index (χ1v) is 11.4. The Morgan fingerprint density at radius 1 is 1.21 bits per heavy atom. The summed E-state index contributed by atoms with van der Waals surface area (Å²) in [5.74, 6) is 2.60. The van der Waals surface area contributed by atoms with Gasteiger partial charge in [-0.25, -0.2) is 9.97 Å². The molecule has 3 N–H and O–H groups in total. The van der Waals surface area contributed by atoms with E-state index in [1.54, 1.807) is 24.7 Å². The van der Waals surface area contributed by atoms with E-state index in [4.69, 9.17) is 5.73 Å². The van der Waals surface area contributed by atoms with Crippen LogP contribution < -0.4 is 11.1 Å². The lowest BCUT2D eigenvalue weighted by Crippen LogP contribution is -2.10. The van der Waals surface area contributed by atoms with E-state index in [1.807, 2.05) is 43.0 Å². The number of aromatic nitrogens is 5. The molecule has 2 aliphatic rings. The summed E-state index contributed by atoms with van der Waals surface area (Å²) >= 11 is 0. The highest BCUT2D eigenvalue weighted by molar-refractivity contribution is 6.01. The quantitative estimate of drug-likeness (QED) is 0.454. The number of anilines is 2. The van der Waals surface area contributed by atoms with Crippen LogP contribution in [0.4, 0.5) is 11.6 Å². The summed E-state index contributed by atoms with van der Waals surface area (Å²) in [6.45, 7) is 2.01. The number of allylic oxidation sites excluding steroid dienone is 1. The number of nitrogen functional groups attached to an aromatic ring is 1. The molecule has 0 radical (unpaired) electrons. The maximum Gasteiger partial charge on any atom is 0.249 e. The van der Waals surface area contributed by atoms with Crippen molar-refractivity contribution in [3.05, 3.63) is 72.0 Å². The number of pyridine rings is 3. The van der Waals surface area contributed by atoms with Crippen LogP contribution in [0.1, 0.15) is 29.9 Å². The third-order valence-corrected chi connectivity index (χ3v) is 7.08. The number of nitrogens with zero attached hydrogens (tertiary/aromatic N) is 5. The summed E-state index contributed by atoms with van der Waals surface area (Å²) in [5.41, 5.74) is 11.5. The molecule has 34 heavy (non-hydrogen) atoms. The average molecular weight is 452 g/mol. The van der Waals surface area contributed by atoms with Gasteiger partial charge in [-0.15, -0.1) is 0 Å². The molecular weight excluding hydrogens is 426 g/mol. The van der Waals surface area contributed by atoms with Gasteiger partial charge in [-0.2, -0.15) is 5.10 Å². The molecule has 8 nitrogen and oxygen atoms in total. The summed E-state index contributed by atoms with van der Waals surface area (Å²) in [4.78, 5) is 25.8. The van der Waals surface area contributed by atoms with Crippen molar-refractivity contribution < 1.29 is 4.79 Å². The minimum atomic E-state index is -0.147. The number of rotatable bonds is 4. The van der Waals surface area contributed by atoms with Crippen LogP contribution >= 0.6 is 0 Å². The Balaban J connectivity index is 1.18. The Morgan fingerprint density at radius 2 is 2.03 bits per heavy atom. The minimum Gasteiger partial charge on any atom is -0.383 e. The second kappa shape index (κ2) is 7.76. The number of amides is 1. The molecule has 4 aromatic rings. The molecular formula is C26H25N7O. The van der Waals surface area contributed by atoms with Gasteiger partial charge in [0.05, 0.1) is 11.9 Å². The first kappa shape index (κ1) is 20.5. The fourth-order valence-corrected chi connectivity index (χ4v) is 5.38. The highest BCUT2D eigenvalue weighted by Gasteiger charge is 2.55. The van der Waals surface area contributed by atoms with Crippen LogP contribution in [0, 0.1) is 18.8 Å². The van der Waals surface area contributed by atoms with Crippen LogP contribution in [-0.2, 0) is 11.8 Å². The van der Waals surface area contributed by atoms with E-state index >= 15 is 0 Å². The van der Waals surface area contributed by atoms with Crippen LogP contribution in [0.3, 0.4) is 0 Å². The van der Waals surface area contributed by atoms with Gasteiger partial charge < -0.3 is 11.1 Å². The Hall–Kier alpha value is -4.07. The minimum absolute atomic E-state index is 0.147. The number of hydrogen-bond donors (Lipinski definition) is 2. The molecule has 2 saturated carbocycles. The fraction of sp³-hybridized carbons (Fsp3) is 0.269. The monoisotopic (exact) mass is 451 g/mol. The van der Waals surface area contributed by atoms with E-state index in [2.05, 4.69) is 31.6 Å². The highest BCUT2D eigenvalue weighted by atomic mass is 16.1. The van der Waals surface area contributed by atoms with E-state index in [9.17, 15) is 4.79 Å². The zero-order chi connectivity index (χ0) is 23.4. The second-order valence-electron chi connectivity index (χ2n) is 9.37. The summed E-state index contributed by atoms with van der Waals surface area (Å²) in [6, 6.07) is 5.73. The molecule has 2 aliphatic carbocycles. The molecule has 8 heteroatoms. The lowest BCUT2D eigenvalue weighted by Gasteiger charge is -2.10. The van der Waals surface area contributed by atoms with E-state index in [1.165, 1.54) is 11.1 Å². The predicted octanol–water partition coefficient (Wildman–Crippen LogP) is 4.00. The number of carbonyl (C=O) groups is 1. The molecule has 0 saturated heterocycles. The van der Waals surface area contributed by atoms with Crippen LogP contribution in [0.2, 0.25) is 0 Å². The van der Waals surface area contributed by atoms with Crippen molar-refractivity contribution in [2.45, 2.75) is 25.7 Å². The molecule has 3 atom stereocenters. The number of hydrogen-bond acceptors (Lipinski definition) is 6. The van der Waals surface area contributed by atoms with Crippen molar-refractivity contribution in [2.75, 3.05) is 11.1 Å². The number of nitrogens with two attached hydrogens (primary N) is 1. The lowest BCUT2D eigenvalue weighted by molar-refractivity contribution is -0.112. The first-order chi connectivity index (χ1) is 16.5. The number of aryl methyl sites for hydroxylation is 2. The zero-order valence-corrected chi connectivity index (χ0v) is 19.1. The molecule has 0 aromatic carbocycles. The number of nitrogens with one attached hydrogen (secondary N) is 1. The lowest BCUT2D eigenvalue weighted by atomic mass is 10.0. The van der Waals surface area contributed by atoms with E-state index in [0.717, 1.165) is 40.4 Å². The first-order valence-electron chi connectivity index (χ1n) is 11.4. The van der Waals surface area contributed by atoms with Gasteiger partial charge in [0, 0.05) is 48.9 Å². The molecule has 0 bridgehead atoms. The molecule has 2 fully saturated rings. The van der Waals surface area contributed by atoms with Crippen molar-refractivity contribution in [3.63, 3.8) is 0 Å². The third-order valence-electron chi connectivity index (χ3n) is 7.08. The van der Waals surface area contributed by atoms with Crippen molar-refractivity contribution >= 4 is 28.3 Å². The van der Waals surface area contributed by atoms with Gasteiger partial charge in [-0.1, -0.05) is 5.57 Å². The van der Waals surface area contributed by atoms with Gasteiger partial charge in [0.1, 0.15) is 11.6 Å². The molecule has 6 rings (SSSR count). The van der Waals surface area contributed by atoms with Gasteiger partial charge in [-0.3, -0.25) is 14.5 Å². The molecule has 0 spiro atoms. The van der Waals surface area contributed by atoms with Gasteiger partial charge >= 0.3 is 0 Å². The Kier molecular flexibility index (Phi) is 4.69. The van der Waals surface area contributed by atoms with Crippen molar-refractivity contribution in [1.29, 1.82) is 0 Å². The predicted molar refractivity (Wildman–Crippen MR) is 131 cm³/mol. The molecule has 0 aliphatic heterocycles. The van der Waals surface area contributed by atoms with Crippen molar-refractivity contribution in [1.82, 2.24) is 24.7 Å². The molecule has 1 unspecified atom stereocenters. The maximum atomic E-state index is 12.7. The SMILES string of the molecule is Cc1ccncc1-c1cc2cc(NC(=O)C=C3C[C@@H]4C(c5cnn(C)c5)[C@@H]4C3)ncc2c(N)n1. The largest absolute Gasteiger partial charge is 0.383 e. The number of fused-ring (bicyclic) bond motifs is 2. The van der Waals surface area contributed by atoms with E-state index < -0.39 is 0 Å². The molecule has 4 heterocycles. The van der Waals surface area contributed by atoms with E-state index in [-0.39, 0.29) is 5.91 Å². The van der Waals surface area contributed by atoms with Crippen LogP contribution in [-0.4, -0.2) is 30.6 Å². The molecule has 170 valence electrons. The maximum absolute atomic E-state index is 12.7. The second-order valence-corrected chi connectivity index (χ2v) is 9.37. The van der Waals surface area contributed by atoms with E-state index in [0.29, 0.717) is 29.4 Å². The standard InChI is InChI=1S/C26H25N7O/c1-14-3-4-28-11-20(14)22-8-16-9-23(29-12-21(16)26(27)31-22)32-24(34)7-15-5-18-19(6-15)25(18)17-10-30-33(2)13-17/h3-4,7-13,18-19,25H,5-6H2,1-2H3,(H2,27,31)(H,29,32,34)/t18-,19+,25?. The van der Waals surface area contributed by atoms with Crippen molar-refractivity contribution in [2.24, 2.45) is 18.9 Å². The highest BCUT2D eigenvalue weighted by Crippen LogP contribution is 2.64. The van der Waals surface area contributed by atoms with Crippen LogP contribution in [0.15, 0.2) is 60.8 Å². The summed E-state index contributed by atoms with van der Waals surface area (Å²) < 4.78 is 1.86.